The third-order valence-corrected chi connectivity index (χ3v) is 4.26. The van der Waals surface area contributed by atoms with E-state index in [0.29, 0.717) is 13.0 Å². The van der Waals surface area contributed by atoms with E-state index in [1.807, 2.05) is 42.2 Å². The summed E-state index contributed by atoms with van der Waals surface area (Å²) in [6.45, 7) is 7.65. The van der Waals surface area contributed by atoms with Crippen LogP contribution in [0.2, 0.25) is 0 Å². The molecule has 0 heterocycles. The summed E-state index contributed by atoms with van der Waals surface area (Å²) in [7, 11) is 1.95. The van der Waals surface area contributed by atoms with Gasteiger partial charge in [-0.2, -0.15) is 0 Å². The number of nitrogens with zero attached hydrogens (tertiary/aromatic N) is 2. The van der Waals surface area contributed by atoms with Gasteiger partial charge in [0.25, 0.3) is 0 Å². The lowest BCUT2D eigenvalue weighted by Crippen LogP contribution is -2.44. The second-order valence-electron chi connectivity index (χ2n) is 5.77. The molecule has 0 aliphatic carbocycles. The molecule has 122 valence electrons. The van der Waals surface area contributed by atoms with Gasteiger partial charge in [-0.3, -0.25) is 9.80 Å². The van der Waals surface area contributed by atoms with Crippen LogP contribution in [0.4, 0.5) is 0 Å². The maximum atomic E-state index is 12.6. The van der Waals surface area contributed by atoms with Crippen molar-refractivity contribution in [2.45, 2.75) is 27.2 Å². The summed E-state index contributed by atoms with van der Waals surface area (Å²) in [4.78, 5) is 12.6. The first kappa shape index (κ1) is 17.2. The van der Waals surface area contributed by atoms with Crippen LogP contribution in [-0.2, 0) is 11.2 Å². The van der Waals surface area contributed by atoms with E-state index in [-0.39, 0.29) is 5.91 Å². The summed E-state index contributed by atoms with van der Waals surface area (Å²) in [6, 6.07) is 16.6. The zero-order chi connectivity index (χ0) is 16.8. The number of hydrazine groups is 1. The lowest BCUT2D eigenvalue weighted by molar-refractivity contribution is -0.145. The fraction of sp³-hybridized carbons (Fsp3) is 0.350. The van der Waals surface area contributed by atoms with Crippen molar-refractivity contribution >= 4 is 5.91 Å². The largest absolute Gasteiger partial charge is 0.276 e. The van der Waals surface area contributed by atoms with Crippen LogP contribution in [0.1, 0.15) is 25.0 Å². The number of carbonyl (C=O) groups is 1. The molecule has 2 rings (SSSR count). The molecule has 0 spiro atoms. The van der Waals surface area contributed by atoms with E-state index in [2.05, 4.69) is 44.2 Å². The highest BCUT2D eigenvalue weighted by molar-refractivity contribution is 5.79. The molecule has 3 heteroatoms. The summed E-state index contributed by atoms with van der Waals surface area (Å²) < 4.78 is 0. The summed E-state index contributed by atoms with van der Waals surface area (Å²) >= 11 is 0. The van der Waals surface area contributed by atoms with E-state index >= 15 is 0 Å². The van der Waals surface area contributed by atoms with E-state index in [4.69, 9.17) is 0 Å². The number of likely N-dealkylation sites (N-methyl/N-ethyl adjacent to an activating group) is 1. The van der Waals surface area contributed by atoms with E-state index in [0.717, 1.165) is 23.2 Å². The zero-order valence-electron chi connectivity index (χ0n) is 14.5. The molecule has 0 bridgehead atoms. The zero-order valence-corrected chi connectivity index (χ0v) is 14.5. The van der Waals surface area contributed by atoms with Crippen molar-refractivity contribution in [3.63, 3.8) is 0 Å². The first-order valence-electron chi connectivity index (χ1n) is 8.23. The highest BCUT2D eigenvalue weighted by Crippen LogP contribution is 2.23. The Labute approximate surface area is 139 Å². The number of amides is 1. The normalized spacial score (nSPS) is 10.8. The Morgan fingerprint density at radius 1 is 0.957 bits per heavy atom. The van der Waals surface area contributed by atoms with Crippen molar-refractivity contribution in [3.8, 4) is 11.1 Å². The van der Waals surface area contributed by atoms with Gasteiger partial charge in [0.05, 0.1) is 6.42 Å². The van der Waals surface area contributed by atoms with Crippen LogP contribution in [0.25, 0.3) is 11.1 Å². The highest BCUT2D eigenvalue weighted by atomic mass is 16.2. The standard InChI is InChI=1S/C20H26N2O/c1-5-21(4)22(6-2)20(23)15-19-14-18(13-12-16(19)3)17-10-8-7-9-11-17/h7-14H,5-6,15H2,1-4H3. The van der Waals surface area contributed by atoms with Crippen LogP contribution in [0, 0.1) is 6.92 Å². The minimum absolute atomic E-state index is 0.144. The Morgan fingerprint density at radius 3 is 2.26 bits per heavy atom. The maximum absolute atomic E-state index is 12.6. The molecule has 0 radical (unpaired) electrons. The van der Waals surface area contributed by atoms with Crippen molar-refractivity contribution in [3.05, 3.63) is 59.7 Å². The van der Waals surface area contributed by atoms with Crippen LogP contribution < -0.4 is 0 Å². The third-order valence-electron chi connectivity index (χ3n) is 4.26. The Morgan fingerprint density at radius 2 is 1.65 bits per heavy atom. The van der Waals surface area contributed by atoms with E-state index < -0.39 is 0 Å². The molecule has 1 amide bonds. The molecular weight excluding hydrogens is 284 g/mol. The Balaban J connectivity index is 2.24. The van der Waals surface area contributed by atoms with E-state index in [1.165, 1.54) is 5.56 Å². The molecule has 0 saturated heterocycles. The summed E-state index contributed by atoms with van der Waals surface area (Å²) in [6.07, 6.45) is 0.435. The Kier molecular flexibility index (Phi) is 5.94. The van der Waals surface area contributed by atoms with Gasteiger partial charge < -0.3 is 0 Å². The van der Waals surface area contributed by atoms with Crippen LogP contribution in [0.5, 0.6) is 0 Å². The first-order chi connectivity index (χ1) is 11.1. The summed E-state index contributed by atoms with van der Waals surface area (Å²) in [5, 5.41) is 3.79. The van der Waals surface area contributed by atoms with Gasteiger partial charge in [0.1, 0.15) is 0 Å². The van der Waals surface area contributed by atoms with E-state index in [9.17, 15) is 4.79 Å². The summed E-state index contributed by atoms with van der Waals surface area (Å²) in [5.74, 6) is 0.144. The van der Waals surface area contributed by atoms with E-state index in [1.54, 1.807) is 0 Å². The molecule has 0 fully saturated rings. The van der Waals surface area contributed by atoms with Crippen LogP contribution >= 0.6 is 0 Å². The number of hydrogen-bond acceptors (Lipinski definition) is 2. The summed E-state index contributed by atoms with van der Waals surface area (Å²) in [5.41, 5.74) is 4.60. The van der Waals surface area contributed by atoms with Gasteiger partial charge in [0.2, 0.25) is 5.91 Å². The Bertz CT molecular complexity index is 652. The monoisotopic (exact) mass is 310 g/mol. The number of hydrogen-bond donors (Lipinski definition) is 0. The molecule has 0 aliphatic rings. The molecule has 0 aromatic heterocycles. The smallest absolute Gasteiger partial charge is 0.241 e. The molecule has 3 nitrogen and oxygen atoms in total. The average molecular weight is 310 g/mol. The molecule has 0 aliphatic heterocycles. The van der Waals surface area contributed by atoms with Crippen molar-refractivity contribution in [1.29, 1.82) is 0 Å². The fourth-order valence-electron chi connectivity index (χ4n) is 2.71. The molecule has 0 N–H and O–H groups in total. The lowest BCUT2D eigenvalue weighted by Gasteiger charge is -2.30. The molecule has 2 aromatic carbocycles. The van der Waals surface area contributed by atoms with Crippen molar-refractivity contribution in [2.24, 2.45) is 0 Å². The van der Waals surface area contributed by atoms with Gasteiger partial charge in [0, 0.05) is 20.1 Å². The molecule has 2 aromatic rings. The topological polar surface area (TPSA) is 23.6 Å². The number of rotatable bonds is 6. The molecule has 23 heavy (non-hydrogen) atoms. The minimum atomic E-state index is 0.144. The SMILES string of the molecule is CCN(C)N(CC)C(=O)Cc1cc(-c2ccccc2)ccc1C. The Hall–Kier alpha value is -2.13. The highest BCUT2D eigenvalue weighted by Gasteiger charge is 2.17. The number of benzene rings is 2. The number of carbonyl (C=O) groups excluding carboxylic acids is 1. The molecule has 0 unspecified atom stereocenters. The third kappa shape index (κ3) is 4.20. The lowest BCUT2D eigenvalue weighted by atomic mass is 9.98. The van der Waals surface area contributed by atoms with Crippen LogP contribution in [0.15, 0.2) is 48.5 Å². The molecule has 0 saturated carbocycles. The van der Waals surface area contributed by atoms with Crippen LogP contribution in [-0.4, -0.2) is 36.1 Å². The quantitative estimate of drug-likeness (QED) is 0.755. The van der Waals surface area contributed by atoms with Gasteiger partial charge in [-0.25, -0.2) is 5.01 Å². The van der Waals surface area contributed by atoms with Gasteiger partial charge in [-0.05, 0) is 36.1 Å². The predicted molar refractivity (Wildman–Crippen MR) is 96.0 cm³/mol. The fourth-order valence-corrected chi connectivity index (χ4v) is 2.71. The van der Waals surface area contributed by atoms with Gasteiger partial charge in [-0.1, -0.05) is 55.5 Å². The predicted octanol–water partition coefficient (Wildman–Crippen LogP) is 3.92. The maximum Gasteiger partial charge on any atom is 0.241 e. The minimum Gasteiger partial charge on any atom is -0.276 e. The molecule has 0 atom stereocenters. The van der Waals surface area contributed by atoms with Gasteiger partial charge >= 0.3 is 0 Å². The second-order valence-corrected chi connectivity index (χ2v) is 5.77. The van der Waals surface area contributed by atoms with Crippen molar-refractivity contribution in [2.75, 3.05) is 20.1 Å². The van der Waals surface area contributed by atoms with Crippen molar-refractivity contribution < 1.29 is 4.79 Å². The molecular formula is C20H26N2O. The van der Waals surface area contributed by atoms with Crippen LogP contribution in [0.3, 0.4) is 0 Å². The number of aryl methyl sites for hydroxylation is 1. The second kappa shape index (κ2) is 7.93. The average Bonchev–Trinajstić information content (AvgIpc) is 2.58. The van der Waals surface area contributed by atoms with Gasteiger partial charge in [-0.15, -0.1) is 0 Å². The van der Waals surface area contributed by atoms with Gasteiger partial charge in [0.15, 0.2) is 0 Å². The first-order valence-corrected chi connectivity index (χ1v) is 8.23. The van der Waals surface area contributed by atoms with Crippen molar-refractivity contribution in [1.82, 2.24) is 10.0 Å².